The highest BCUT2D eigenvalue weighted by atomic mass is 16.4. The van der Waals surface area contributed by atoms with Crippen molar-refractivity contribution in [1.29, 1.82) is 0 Å². The smallest absolute Gasteiger partial charge is 0.371 e. The third-order valence-electron chi connectivity index (χ3n) is 3.34. The molecule has 0 heterocycles. The summed E-state index contributed by atoms with van der Waals surface area (Å²) in [5.74, 6) is -1.94. The summed E-state index contributed by atoms with van der Waals surface area (Å²) < 4.78 is 0. The highest BCUT2D eigenvalue weighted by molar-refractivity contribution is 6.07. The molecule has 20 heavy (non-hydrogen) atoms. The quantitative estimate of drug-likeness (QED) is 0.645. The van der Waals surface area contributed by atoms with Gasteiger partial charge in [-0.1, -0.05) is 54.6 Å². The summed E-state index contributed by atoms with van der Waals surface area (Å²) >= 11 is 0. The van der Waals surface area contributed by atoms with Crippen LogP contribution >= 0.6 is 0 Å². The maximum atomic E-state index is 11.0. The number of hydrogen-bond acceptors (Lipinski definition) is 2. The Morgan fingerprint density at radius 1 is 0.800 bits per heavy atom. The number of aliphatic carboxylic acids is 1. The Kier molecular flexibility index (Phi) is 2.88. The molecule has 0 unspecified atom stereocenters. The Morgan fingerprint density at radius 2 is 1.40 bits per heavy atom. The third-order valence-corrected chi connectivity index (χ3v) is 3.34. The van der Waals surface area contributed by atoms with Crippen LogP contribution in [-0.4, -0.2) is 16.2 Å². The molecule has 0 saturated carbocycles. The van der Waals surface area contributed by atoms with Gasteiger partial charge in [-0.15, -0.1) is 0 Å². The van der Waals surface area contributed by atoms with Gasteiger partial charge in [-0.2, -0.15) is 0 Å². The zero-order chi connectivity index (χ0) is 14.1. The molecule has 3 nitrogen and oxygen atoms in total. The van der Waals surface area contributed by atoms with E-state index in [0.29, 0.717) is 5.57 Å². The van der Waals surface area contributed by atoms with E-state index < -0.39 is 11.7 Å². The minimum atomic E-state index is -1.32. The molecule has 98 valence electrons. The van der Waals surface area contributed by atoms with Gasteiger partial charge in [0.2, 0.25) is 5.76 Å². The highest BCUT2D eigenvalue weighted by Crippen LogP contribution is 2.39. The van der Waals surface area contributed by atoms with Crippen molar-refractivity contribution in [2.24, 2.45) is 0 Å². The normalized spacial score (nSPS) is 15.5. The lowest BCUT2D eigenvalue weighted by atomic mass is 9.99. The van der Waals surface area contributed by atoms with Gasteiger partial charge >= 0.3 is 5.97 Å². The molecule has 0 bridgehead atoms. The van der Waals surface area contributed by atoms with Gasteiger partial charge in [0.05, 0.1) is 0 Å². The minimum Gasteiger partial charge on any atom is -0.501 e. The van der Waals surface area contributed by atoms with Gasteiger partial charge in [-0.25, -0.2) is 4.79 Å². The molecule has 0 saturated heterocycles. The zero-order valence-corrected chi connectivity index (χ0v) is 10.6. The van der Waals surface area contributed by atoms with Crippen molar-refractivity contribution < 1.29 is 15.0 Å². The zero-order valence-electron chi connectivity index (χ0n) is 10.6. The van der Waals surface area contributed by atoms with Gasteiger partial charge in [-0.3, -0.25) is 0 Å². The van der Waals surface area contributed by atoms with Gasteiger partial charge < -0.3 is 10.2 Å². The molecule has 0 atom stereocenters. The van der Waals surface area contributed by atoms with Gasteiger partial charge in [-0.05, 0) is 28.3 Å². The molecule has 0 amide bonds. The van der Waals surface area contributed by atoms with Crippen molar-refractivity contribution in [1.82, 2.24) is 0 Å². The first kappa shape index (κ1) is 12.2. The number of aliphatic hydroxyl groups excluding tert-OH is 1. The van der Waals surface area contributed by atoms with Crippen LogP contribution in [0.3, 0.4) is 0 Å². The molecule has 0 spiro atoms. The van der Waals surface area contributed by atoms with Crippen LogP contribution in [0.25, 0.3) is 11.1 Å². The van der Waals surface area contributed by atoms with Crippen molar-refractivity contribution in [3.63, 3.8) is 0 Å². The highest BCUT2D eigenvalue weighted by Gasteiger charge is 2.24. The monoisotopic (exact) mass is 264 g/mol. The van der Waals surface area contributed by atoms with E-state index in [1.807, 2.05) is 54.6 Å². The number of carboxylic acid groups (broad SMARTS) is 1. The Morgan fingerprint density at radius 3 is 2.05 bits per heavy atom. The van der Waals surface area contributed by atoms with Gasteiger partial charge in [0, 0.05) is 5.57 Å². The molecule has 1 aliphatic rings. The molecule has 2 aromatic carbocycles. The Bertz CT molecular complexity index is 740. The fourth-order valence-electron chi connectivity index (χ4n) is 2.42. The van der Waals surface area contributed by atoms with E-state index in [9.17, 15) is 9.90 Å². The fraction of sp³-hybridized carbons (Fsp3) is 0. The number of fused-ring (bicyclic) bond motifs is 1. The summed E-state index contributed by atoms with van der Waals surface area (Å²) in [6.07, 6.45) is 1.73. The Balaban J connectivity index is 2.25. The van der Waals surface area contributed by atoms with Crippen LogP contribution in [0.15, 0.2) is 66.4 Å². The molecular weight excluding hydrogens is 252 g/mol. The number of carboxylic acids is 1. The van der Waals surface area contributed by atoms with E-state index >= 15 is 0 Å². The standard InChI is InChI=1S/C17H12O3/c18-16(17(19)20)15-10-14(11-6-2-1-3-7-11)12-8-4-5-9-13(12)15/h1-10,18H,(H,19,20)/b16-15+. The number of benzene rings is 2. The maximum absolute atomic E-state index is 11.0. The average molecular weight is 264 g/mol. The predicted octanol–water partition coefficient (Wildman–Crippen LogP) is 3.49. The predicted molar refractivity (Wildman–Crippen MR) is 77.1 cm³/mol. The van der Waals surface area contributed by atoms with Crippen LogP contribution in [0.4, 0.5) is 0 Å². The first-order valence-electron chi connectivity index (χ1n) is 6.22. The summed E-state index contributed by atoms with van der Waals surface area (Å²) in [5, 5.41) is 18.8. The molecular formula is C17H12O3. The van der Waals surface area contributed by atoms with E-state index in [-0.39, 0.29) is 0 Å². The van der Waals surface area contributed by atoms with Crippen molar-refractivity contribution in [2.75, 3.05) is 0 Å². The summed E-state index contributed by atoms with van der Waals surface area (Å²) in [7, 11) is 0. The summed E-state index contributed by atoms with van der Waals surface area (Å²) in [5.41, 5.74) is 3.94. The fourth-order valence-corrected chi connectivity index (χ4v) is 2.42. The molecule has 2 aromatic rings. The molecule has 0 radical (unpaired) electrons. The van der Waals surface area contributed by atoms with Crippen molar-refractivity contribution in [2.45, 2.75) is 0 Å². The Labute approximate surface area is 116 Å². The topological polar surface area (TPSA) is 57.5 Å². The largest absolute Gasteiger partial charge is 0.501 e. The van der Waals surface area contributed by atoms with E-state index in [4.69, 9.17) is 5.11 Å². The van der Waals surface area contributed by atoms with E-state index in [0.717, 1.165) is 22.3 Å². The molecule has 0 aliphatic heterocycles. The van der Waals surface area contributed by atoms with Crippen molar-refractivity contribution >= 4 is 17.1 Å². The second-order valence-corrected chi connectivity index (χ2v) is 4.54. The van der Waals surface area contributed by atoms with Crippen LogP contribution < -0.4 is 0 Å². The molecule has 0 fully saturated rings. The maximum Gasteiger partial charge on any atom is 0.371 e. The van der Waals surface area contributed by atoms with Gasteiger partial charge in [0.1, 0.15) is 0 Å². The Hall–Kier alpha value is -2.81. The number of hydrogen-bond donors (Lipinski definition) is 2. The SMILES string of the molecule is O=C(O)/C(O)=C1/C=C(c2ccccc2)c2ccccc21. The second-order valence-electron chi connectivity index (χ2n) is 4.54. The number of aliphatic hydroxyl groups is 1. The lowest BCUT2D eigenvalue weighted by Gasteiger charge is -2.05. The third kappa shape index (κ3) is 1.89. The van der Waals surface area contributed by atoms with Crippen molar-refractivity contribution in [3.8, 4) is 0 Å². The van der Waals surface area contributed by atoms with Gasteiger partial charge in [0.25, 0.3) is 0 Å². The summed E-state index contributed by atoms with van der Waals surface area (Å²) in [6.45, 7) is 0. The van der Waals surface area contributed by atoms with E-state index in [2.05, 4.69) is 0 Å². The lowest BCUT2D eigenvalue weighted by molar-refractivity contribution is -0.135. The molecule has 3 rings (SSSR count). The van der Waals surface area contributed by atoms with Crippen LogP contribution in [-0.2, 0) is 4.79 Å². The first-order chi connectivity index (χ1) is 9.68. The second kappa shape index (κ2) is 4.70. The molecule has 2 N–H and O–H groups in total. The van der Waals surface area contributed by atoms with Crippen LogP contribution in [0.5, 0.6) is 0 Å². The molecule has 1 aliphatic carbocycles. The first-order valence-corrected chi connectivity index (χ1v) is 6.22. The van der Waals surface area contributed by atoms with E-state index in [1.54, 1.807) is 6.08 Å². The van der Waals surface area contributed by atoms with Crippen LogP contribution in [0.2, 0.25) is 0 Å². The summed E-state index contributed by atoms with van der Waals surface area (Å²) in [6, 6.07) is 17.2. The van der Waals surface area contributed by atoms with Gasteiger partial charge in [0.15, 0.2) is 0 Å². The van der Waals surface area contributed by atoms with Crippen LogP contribution in [0, 0.1) is 0 Å². The number of rotatable bonds is 2. The van der Waals surface area contributed by atoms with E-state index in [1.165, 1.54) is 0 Å². The number of allylic oxidation sites excluding steroid dienone is 2. The van der Waals surface area contributed by atoms with Crippen molar-refractivity contribution in [3.05, 3.63) is 83.1 Å². The number of carbonyl (C=O) groups is 1. The van der Waals surface area contributed by atoms with Crippen LogP contribution in [0.1, 0.15) is 16.7 Å². The molecule has 3 heteroatoms. The molecule has 0 aromatic heterocycles. The summed E-state index contributed by atoms with van der Waals surface area (Å²) in [4.78, 5) is 11.0. The average Bonchev–Trinajstić information content (AvgIpc) is 2.87. The minimum absolute atomic E-state index is 0.354. The lowest BCUT2D eigenvalue weighted by Crippen LogP contribution is -2.01.